The number of benzene rings is 1. The average molecular weight is 368 g/mol. The summed E-state index contributed by atoms with van der Waals surface area (Å²) in [5.41, 5.74) is 1.88. The number of hydrogen-bond acceptors (Lipinski definition) is 7. The first-order chi connectivity index (χ1) is 13.0. The standard InChI is InChI=1S/C18H16N4O5/c1-8-13-14-10(7-19-16(13)21-20-8)17(23)22(18(14)24)9-5-11(25-2)15(27-4)12(6-9)26-3/h5-7H,1-4H3,(H,19,20,21). The van der Waals surface area contributed by atoms with Gasteiger partial charge in [-0.3, -0.25) is 14.7 Å². The molecule has 1 aromatic carbocycles. The zero-order valence-corrected chi connectivity index (χ0v) is 15.1. The number of amides is 2. The van der Waals surface area contributed by atoms with Crippen LogP contribution in [0.5, 0.6) is 17.2 Å². The number of rotatable bonds is 4. The molecule has 138 valence electrons. The Labute approximate surface area is 153 Å². The van der Waals surface area contributed by atoms with Gasteiger partial charge >= 0.3 is 0 Å². The number of aromatic nitrogens is 3. The highest BCUT2D eigenvalue weighted by molar-refractivity contribution is 6.37. The van der Waals surface area contributed by atoms with Gasteiger partial charge in [0, 0.05) is 24.0 Å². The molecule has 1 N–H and O–H groups in total. The number of nitrogens with one attached hydrogen (secondary N) is 1. The number of hydrogen-bond donors (Lipinski definition) is 1. The van der Waals surface area contributed by atoms with Crippen LogP contribution in [0.3, 0.4) is 0 Å². The first-order valence-corrected chi connectivity index (χ1v) is 8.04. The lowest BCUT2D eigenvalue weighted by Gasteiger charge is -2.18. The molecule has 0 bridgehead atoms. The van der Waals surface area contributed by atoms with E-state index in [2.05, 4.69) is 15.2 Å². The number of pyridine rings is 1. The van der Waals surface area contributed by atoms with Crippen LogP contribution in [-0.4, -0.2) is 48.3 Å². The van der Waals surface area contributed by atoms with Crippen molar-refractivity contribution >= 4 is 28.5 Å². The smallest absolute Gasteiger partial charge is 0.267 e. The number of aryl methyl sites for hydroxylation is 1. The van der Waals surface area contributed by atoms with Crippen LogP contribution in [0.15, 0.2) is 18.3 Å². The molecule has 2 amide bonds. The van der Waals surface area contributed by atoms with Gasteiger partial charge < -0.3 is 14.2 Å². The Kier molecular flexibility index (Phi) is 3.72. The van der Waals surface area contributed by atoms with Gasteiger partial charge in [0.15, 0.2) is 17.1 Å². The van der Waals surface area contributed by atoms with Gasteiger partial charge in [0.05, 0.1) is 43.5 Å². The maximum absolute atomic E-state index is 13.1. The van der Waals surface area contributed by atoms with E-state index < -0.39 is 11.8 Å². The van der Waals surface area contributed by atoms with Gasteiger partial charge in [-0.05, 0) is 6.92 Å². The van der Waals surface area contributed by atoms with Crippen LogP contribution >= 0.6 is 0 Å². The number of H-pyrrole nitrogens is 1. The molecule has 0 spiro atoms. The topological polar surface area (TPSA) is 107 Å². The Morgan fingerprint density at radius 1 is 1.00 bits per heavy atom. The maximum atomic E-state index is 13.1. The van der Waals surface area contributed by atoms with E-state index in [1.165, 1.54) is 27.5 Å². The molecule has 1 aliphatic heterocycles. The molecule has 0 radical (unpaired) electrons. The SMILES string of the molecule is COc1cc(N2C(=O)c3cnc4n[nH]c(C)c4c3C2=O)cc(OC)c1OC. The Bertz CT molecular complexity index is 1080. The third kappa shape index (κ3) is 2.24. The molecule has 0 saturated heterocycles. The van der Waals surface area contributed by atoms with E-state index in [-0.39, 0.29) is 11.1 Å². The van der Waals surface area contributed by atoms with E-state index >= 15 is 0 Å². The number of carbonyl (C=O) groups excluding carboxylic acids is 2. The lowest BCUT2D eigenvalue weighted by molar-refractivity contribution is 0.0926. The first-order valence-electron chi connectivity index (χ1n) is 8.04. The molecule has 0 saturated carbocycles. The molecule has 2 aromatic heterocycles. The molecule has 1 aliphatic rings. The summed E-state index contributed by atoms with van der Waals surface area (Å²) in [6.07, 6.45) is 1.37. The van der Waals surface area contributed by atoms with E-state index in [0.29, 0.717) is 39.7 Å². The lowest BCUT2D eigenvalue weighted by Crippen LogP contribution is -2.29. The molecule has 27 heavy (non-hydrogen) atoms. The van der Waals surface area contributed by atoms with Gasteiger partial charge in [0.1, 0.15) is 0 Å². The number of methoxy groups -OCH3 is 3. The summed E-state index contributed by atoms with van der Waals surface area (Å²) in [7, 11) is 4.41. The molecule has 3 aromatic rings. The van der Waals surface area contributed by atoms with E-state index in [1.807, 2.05) is 0 Å². The third-order valence-corrected chi connectivity index (χ3v) is 4.52. The van der Waals surface area contributed by atoms with Crippen molar-refractivity contribution in [2.75, 3.05) is 26.2 Å². The molecular formula is C18H16N4O5. The van der Waals surface area contributed by atoms with Crippen LogP contribution in [0.25, 0.3) is 11.0 Å². The van der Waals surface area contributed by atoms with Crippen LogP contribution < -0.4 is 19.1 Å². The second kappa shape index (κ2) is 5.97. The summed E-state index contributed by atoms with van der Waals surface area (Å²) in [6, 6.07) is 3.10. The highest BCUT2D eigenvalue weighted by Crippen LogP contribution is 2.43. The fraction of sp³-hybridized carbons (Fsp3) is 0.222. The fourth-order valence-electron chi connectivity index (χ4n) is 3.27. The average Bonchev–Trinajstić information content (AvgIpc) is 3.18. The second-order valence-corrected chi connectivity index (χ2v) is 5.92. The Morgan fingerprint density at radius 3 is 2.26 bits per heavy atom. The molecule has 9 heteroatoms. The number of ether oxygens (including phenoxy) is 3. The summed E-state index contributed by atoms with van der Waals surface area (Å²) in [5, 5.41) is 7.39. The van der Waals surface area contributed by atoms with Gasteiger partial charge in [-0.2, -0.15) is 5.10 Å². The zero-order chi connectivity index (χ0) is 19.3. The Balaban J connectivity index is 1.91. The van der Waals surface area contributed by atoms with Gasteiger partial charge in [-0.25, -0.2) is 9.88 Å². The summed E-state index contributed by atoms with van der Waals surface area (Å²) in [6.45, 7) is 1.77. The van der Waals surface area contributed by atoms with Crippen molar-refractivity contribution in [3.63, 3.8) is 0 Å². The minimum absolute atomic E-state index is 0.228. The van der Waals surface area contributed by atoms with Crippen molar-refractivity contribution in [2.45, 2.75) is 6.92 Å². The number of nitrogens with zero attached hydrogens (tertiary/aromatic N) is 3. The highest BCUT2D eigenvalue weighted by atomic mass is 16.5. The van der Waals surface area contributed by atoms with Crippen LogP contribution in [0.2, 0.25) is 0 Å². The van der Waals surface area contributed by atoms with E-state index in [9.17, 15) is 9.59 Å². The molecule has 0 fully saturated rings. The predicted molar refractivity (Wildman–Crippen MR) is 95.9 cm³/mol. The zero-order valence-electron chi connectivity index (χ0n) is 15.1. The largest absolute Gasteiger partial charge is 0.493 e. The molecule has 3 heterocycles. The van der Waals surface area contributed by atoms with E-state index in [4.69, 9.17) is 14.2 Å². The minimum Gasteiger partial charge on any atom is -0.493 e. The Morgan fingerprint density at radius 2 is 1.67 bits per heavy atom. The number of fused-ring (bicyclic) bond motifs is 3. The van der Waals surface area contributed by atoms with Gasteiger partial charge in [0.25, 0.3) is 11.8 Å². The normalized spacial score (nSPS) is 13.3. The summed E-state index contributed by atoms with van der Waals surface area (Å²) >= 11 is 0. The van der Waals surface area contributed by atoms with E-state index in [0.717, 1.165) is 4.90 Å². The van der Waals surface area contributed by atoms with Crippen molar-refractivity contribution in [1.29, 1.82) is 0 Å². The molecule has 0 atom stereocenters. The highest BCUT2D eigenvalue weighted by Gasteiger charge is 2.40. The number of aromatic amines is 1. The van der Waals surface area contributed by atoms with Crippen molar-refractivity contribution in [1.82, 2.24) is 15.2 Å². The van der Waals surface area contributed by atoms with Gasteiger partial charge in [-0.1, -0.05) is 0 Å². The van der Waals surface area contributed by atoms with Gasteiger partial charge in [-0.15, -0.1) is 0 Å². The van der Waals surface area contributed by atoms with Crippen LogP contribution in [-0.2, 0) is 0 Å². The van der Waals surface area contributed by atoms with Crippen LogP contribution in [0.4, 0.5) is 5.69 Å². The monoisotopic (exact) mass is 368 g/mol. The van der Waals surface area contributed by atoms with Crippen molar-refractivity contribution in [3.8, 4) is 17.2 Å². The molecular weight excluding hydrogens is 352 g/mol. The quantitative estimate of drug-likeness (QED) is 0.703. The number of imide groups is 1. The maximum Gasteiger partial charge on any atom is 0.267 e. The van der Waals surface area contributed by atoms with Crippen LogP contribution in [0.1, 0.15) is 26.4 Å². The number of carbonyl (C=O) groups is 2. The molecule has 9 nitrogen and oxygen atoms in total. The lowest BCUT2D eigenvalue weighted by atomic mass is 10.1. The molecule has 4 rings (SSSR count). The third-order valence-electron chi connectivity index (χ3n) is 4.52. The summed E-state index contributed by atoms with van der Waals surface area (Å²) in [5.74, 6) is 0.118. The van der Waals surface area contributed by atoms with Crippen molar-refractivity contribution < 1.29 is 23.8 Å². The van der Waals surface area contributed by atoms with Crippen LogP contribution in [0, 0.1) is 6.92 Å². The first kappa shape index (κ1) is 16.8. The van der Waals surface area contributed by atoms with Crippen molar-refractivity contribution in [3.05, 3.63) is 35.2 Å². The van der Waals surface area contributed by atoms with E-state index in [1.54, 1.807) is 19.1 Å². The predicted octanol–water partition coefficient (Wildman–Crippen LogP) is 2.09. The number of anilines is 1. The summed E-state index contributed by atoms with van der Waals surface area (Å²) in [4.78, 5) is 31.4. The molecule has 0 unspecified atom stereocenters. The molecule has 0 aliphatic carbocycles. The fourth-order valence-corrected chi connectivity index (χ4v) is 3.27. The van der Waals surface area contributed by atoms with Crippen molar-refractivity contribution in [2.24, 2.45) is 0 Å². The Hall–Kier alpha value is -3.62. The minimum atomic E-state index is -0.473. The summed E-state index contributed by atoms with van der Waals surface area (Å²) < 4.78 is 15.9. The van der Waals surface area contributed by atoms with Gasteiger partial charge in [0.2, 0.25) is 5.75 Å². The second-order valence-electron chi connectivity index (χ2n) is 5.92.